The lowest BCUT2D eigenvalue weighted by molar-refractivity contribution is 0.417. The molecule has 0 unspecified atom stereocenters. The number of halogens is 2. The maximum atomic E-state index is 6.05. The van der Waals surface area contributed by atoms with Crippen molar-refractivity contribution in [2.24, 2.45) is 0 Å². The van der Waals surface area contributed by atoms with Crippen molar-refractivity contribution in [3.05, 3.63) is 52.5 Å². The molecular weight excluding hydrogens is 257 g/mol. The summed E-state index contributed by atoms with van der Waals surface area (Å²) in [6, 6.07) is 13.2. The minimum atomic E-state index is 0.485. The van der Waals surface area contributed by atoms with E-state index in [0.29, 0.717) is 15.8 Å². The number of methoxy groups -OCH3 is 1. The number of nitrogens with one attached hydrogen (secondary N) is 1. The first-order valence-corrected chi connectivity index (χ1v) is 5.81. The summed E-state index contributed by atoms with van der Waals surface area (Å²) in [6.45, 7) is 0. The Labute approximate surface area is 110 Å². The molecule has 0 radical (unpaired) electrons. The second-order valence-corrected chi connectivity index (χ2v) is 4.30. The van der Waals surface area contributed by atoms with Crippen LogP contribution in [0.25, 0.3) is 0 Å². The molecule has 88 valence electrons. The number of rotatable bonds is 3. The minimum absolute atomic E-state index is 0.485. The Morgan fingerprint density at radius 1 is 1.06 bits per heavy atom. The van der Waals surface area contributed by atoms with E-state index < -0.39 is 0 Å². The van der Waals surface area contributed by atoms with Crippen LogP contribution < -0.4 is 10.1 Å². The van der Waals surface area contributed by atoms with Crippen LogP contribution in [0.15, 0.2) is 42.5 Å². The third kappa shape index (κ3) is 2.84. The van der Waals surface area contributed by atoms with Gasteiger partial charge in [-0.2, -0.15) is 0 Å². The van der Waals surface area contributed by atoms with Gasteiger partial charge in [-0.3, -0.25) is 0 Å². The van der Waals surface area contributed by atoms with E-state index in [-0.39, 0.29) is 0 Å². The highest BCUT2D eigenvalue weighted by atomic mass is 35.5. The van der Waals surface area contributed by atoms with E-state index in [1.54, 1.807) is 19.2 Å². The van der Waals surface area contributed by atoms with Crippen LogP contribution in [0.3, 0.4) is 0 Å². The Hall–Kier alpha value is -1.38. The molecule has 0 spiro atoms. The van der Waals surface area contributed by atoms with Crippen LogP contribution in [-0.2, 0) is 0 Å². The molecule has 0 fully saturated rings. The Kier molecular flexibility index (Phi) is 3.77. The maximum absolute atomic E-state index is 6.05. The number of anilines is 2. The molecule has 17 heavy (non-hydrogen) atoms. The Balaban J connectivity index is 2.38. The van der Waals surface area contributed by atoms with Gasteiger partial charge in [0.15, 0.2) is 5.75 Å². The molecule has 0 aliphatic carbocycles. The van der Waals surface area contributed by atoms with Crippen molar-refractivity contribution in [2.45, 2.75) is 0 Å². The van der Waals surface area contributed by atoms with Crippen molar-refractivity contribution in [1.29, 1.82) is 0 Å². The molecule has 1 N–H and O–H groups in total. The van der Waals surface area contributed by atoms with Gasteiger partial charge in [0.05, 0.1) is 17.8 Å². The molecule has 4 heteroatoms. The summed E-state index contributed by atoms with van der Waals surface area (Å²) in [5.41, 5.74) is 1.69. The number of hydrogen-bond acceptors (Lipinski definition) is 2. The highest BCUT2D eigenvalue weighted by molar-refractivity contribution is 6.36. The predicted octanol–water partition coefficient (Wildman–Crippen LogP) is 4.75. The lowest BCUT2D eigenvalue weighted by Crippen LogP contribution is -1.95. The zero-order valence-corrected chi connectivity index (χ0v) is 10.7. The summed E-state index contributed by atoms with van der Waals surface area (Å²) in [6.07, 6.45) is 0. The van der Waals surface area contributed by atoms with Crippen molar-refractivity contribution in [3.8, 4) is 5.75 Å². The largest absolute Gasteiger partial charge is 0.493 e. The molecule has 0 aliphatic rings. The molecule has 2 aromatic carbocycles. The first-order chi connectivity index (χ1) is 8.20. The van der Waals surface area contributed by atoms with Crippen LogP contribution in [0, 0.1) is 0 Å². The SMILES string of the molecule is COc1c(Cl)cc(Cl)cc1Nc1ccccc1. The molecule has 0 atom stereocenters. The van der Waals surface area contributed by atoms with Crippen molar-refractivity contribution in [1.82, 2.24) is 0 Å². The topological polar surface area (TPSA) is 21.3 Å². The van der Waals surface area contributed by atoms with E-state index in [2.05, 4.69) is 5.32 Å². The molecule has 2 nitrogen and oxygen atoms in total. The van der Waals surface area contributed by atoms with Gasteiger partial charge < -0.3 is 10.1 Å². The molecule has 0 saturated carbocycles. The molecule has 0 aromatic heterocycles. The van der Waals surface area contributed by atoms with Crippen LogP contribution in [0.5, 0.6) is 5.75 Å². The van der Waals surface area contributed by atoms with E-state index in [0.717, 1.165) is 11.4 Å². The van der Waals surface area contributed by atoms with Crippen LogP contribution in [0.1, 0.15) is 0 Å². The molecule has 0 aliphatic heterocycles. The lowest BCUT2D eigenvalue weighted by atomic mass is 10.2. The second kappa shape index (κ2) is 5.30. The van der Waals surface area contributed by atoms with Crippen LogP contribution in [0.2, 0.25) is 10.0 Å². The third-order valence-electron chi connectivity index (χ3n) is 2.27. The van der Waals surface area contributed by atoms with Gasteiger partial charge in [-0.25, -0.2) is 0 Å². The third-order valence-corrected chi connectivity index (χ3v) is 2.76. The standard InChI is InChI=1S/C13H11Cl2NO/c1-17-13-11(15)7-9(14)8-12(13)16-10-5-3-2-4-6-10/h2-8,16H,1H3. The number of benzene rings is 2. The van der Waals surface area contributed by atoms with Gasteiger partial charge in [-0.15, -0.1) is 0 Å². The van der Waals surface area contributed by atoms with Gasteiger partial charge in [0.25, 0.3) is 0 Å². The van der Waals surface area contributed by atoms with Gasteiger partial charge in [0.2, 0.25) is 0 Å². The van der Waals surface area contributed by atoms with Crippen molar-refractivity contribution < 1.29 is 4.74 Å². The van der Waals surface area contributed by atoms with Gasteiger partial charge in [0, 0.05) is 10.7 Å². The zero-order valence-electron chi connectivity index (χ0n) is 9.21. The fourth-order valence-corrected chi connectivity index (χ4v) is 2.11. The van der Waals surface area contributed by atoms with Gasteiger partial charge in [-0.1, -0.05) is 41.4 Å². The van der Waals surface area contributed by atoms with E-state index in [1.165, 1.54) is 0 Å². The number of para-hydroxylation sites is 1. The van der Waals surface area contributed by atoms with Crippen molar-refractivity contribution >= 4 is 34.6 Å². The van der Waals surface area contributed by atoms with Crippen molar-refractivity contribution in [3.63, 3.8) is 0 Å². The van der Waals surface area contributed by atoms with Crippen LogP contribution >= 0.6 is 23.2 Å². The van der Waals surface area contributed by atoms with Crippen LogP contribution in [-0.4, -0.2) is 7.11 Å². The fourth-order valence-electron chi connectivity index (χ4n) is 1.54. The normalized spacial score (nSPS) is 10.1. The fraction of sp³-hybridized carbons (Fsp3) is 0.0769. The van der Waals surface area contributed by atoms with Crippen LogP contribution in [0.4, 0.5) is 11.4 Å². The average molecular weight is 268 g/mol. The first-order valence-electron chi connectivity index (χ1n) is 5.06. The monoisotopic (exact) mass is 267 g/mol. The van der Waals surface area contributed by atoms with Gasteiger partial charge in [-0.05, 0) is 24.3 Å². The Bertz CT molecular complexity index is 514. The van der Waals surface area contributed by atoms with E-state index >= 15 is 0 Å². The maximum Gasteiger partial charge on any atom is 0.160 e. The van der Waals surface area contributed by atoms with E-state index in [9.17, 15) is 0 Å². The highest BCUT2D eigenvalue weighted by Crippen LogP contribution is 2.37. The second-order valence-electron chi connectivity index (χ2n) is 3.46. The lowest BCUT2D eigenvalue weighted by Gasteiger charge is -2.13. The van der Waals surface area contributed by atoms with E-state index in [1.807, 2.05) is 30.3 Å². The number of ether oxygens (including phenoxy) is 1. The summed E-state index contributed by atoms with van der Waals surface area (Å²) in [7, 11) is 1.57. The molecule has 2 rings (SSSR count). The molecule has 0 amide bonds. The molecule has 0 bridgehead atoms. The molecular formula is C13H11Cl2NO. The first kappa shape index (κ1) is 12.1. The Morgan fingerprint density at radius 2 is 1.76 bits per heavy atom. The van der Waals surface area contributed by atoms with Crippen molar-refractivity contribution in [2.75, 3.05) is 12.4 Å². The predicted molar refractivity (Wildman–Crippen MR) is 72.7 cm³/mol. The molecule has 2 aromatic rings. The zero-order chi connectivity index (χ0) is 12.3. The summed E-state index contributed by atoms with van der Waals surface area (Å²) in [5, 5.41) is 4.26. The average Bonchev–Trinajstić information content (AvgIpc) is 2.30. The van der Waals surface area contributed by atoms with Gasteiger partial charge >= 0.3 is 0 Å². The molecule has 0 heterocycles. The summed E-state index contributed by atoms with van der Waals surface area (Å²) in [4.78, 5) is 0. The van der Waals surface area contributed by atoms with E-state index in [4.69, 9.17) is 27.9 Å². The summed E-state index contributed by atoms with van der Waals surface area (Å²) >= 11 is 12.0. The minimum Gasteiger partial charge on any atom is -0.493 e. The highest BCUT2D eigenvalue weighted by Gasteiger charge is 2.09. The number of hydrogen-bond donors (Lipinski definition) is 1. The van der Waals surface area contributed by atoms with Gasteiger partial charge in [0.1, 0.15) is 0 Å². The smallest absolute Gasteiger partial charge is 0.160 e. The molecule has 0 saturated heterocycles. The summed E-state index contributed by atoms with van der Waals surface area (Å²) < 4.78 is 5.25. The summed E-state index contributed by atoms with van der Waals surface area (Å²) in [5.74, 6) is 0.583. The Morgan fingerprint density at radius 3 is 2.41 bits per heavy atom. The quantitative estimate of drug-likeness (QED) is 0.867.